The number of benzene rings is 1. The van der Waals surface area contributed by atoms with Gasteiger partial charge in [0.25, 0.3) is 0 Å². The molecule has 0 spiro atoms. The van der Waals surface area contributed by atoms with Gasteiger partial charge in [-0.15, -0.1) is 0 Å². The van der Waals surface area contributed by atoms with Crippen LogP contribution in [0.15, 0.2) is 78.1 Å². The van der Waals surface area contributed by atoms with Crippen molar-refractivity contribution >= 4 is 11.6 Å². The molecule has 154 valence electrons. The highest BCUT2D eigenvalue weighted by molar-refractivity contribution is 5.69. The molecule has 1 aromatic carbocycles. The van der Waals surface area contributed by atoms with Crippen LogP contribution in [-0.2, 0) is 6.42 Å². The zero-order valence-electron chi connectivity index (χ0n) is 17.0. The lowest BCUT2D eigenvalue weighted by Gasteiger charge is -2.11. The van der Waals surface area contributed by atoms with Gasteiger partial charge in [0.2, 0.25) is 5.88 Å². The van der Waals surface area contributed by atoms with Gasteiger partial charge >= 0.3 is 0 Å². The third kappa shape index (κ3) is 5.44. The summed E-state index contributed by atoms with van der Waals surface area (Å²) in [7, 11) is 0. The molecule has 30 heavy (non-hydrogen) atoms. The van der Waals surface area contributed by atoms with Gasteiger partial charge < -0.3 is 15.6 Å². The van der Waals surface area contributed by atoms with Gasteiger partial charge in [-0.25, -0.2) is 14.4 Å². The minimum absolute atomic E-state index is 0.0765. The lowest BCUT2D eigenvalue weighted by atomic mass is 9.98. The van der Waals surface area contributed by atoms with Crippen LogP contribution in [-0.4, -0.2) is 15.1 Å². The van der Waals surface area contributed by atoms with Crippen molar-refractivity contribution in [3.05, 3.63) is 95.1 Å². The Bertz CT molecular complexity index is 1060. The SMILES string of the molecule is CC/C(C)=C(/C=C(\O)c1cccnc1N)Cc1ccc(Oc2ccc(F)cc2)nc1. The van der Waals surface area contributed by atoms with E-state index in [1.165, 1.54) is 12.1 Å². The zero-order chi connectivity index (χ0) is 21.5. The van der Waals surface area contributed by atoms with Crippen molar-refractivity contribution < 1.29 is 14.2 Å². The Morgan fingerprint density at radius 2 is 1.90 bits per heavy atom. The summed E-state index contributed by atoms with van der Waals surface area (Å²) in [6, 6.07) is 12.9. The molecule has 3 rings (SSSR count). The third-order valence-corrected chi connectivity index (χ3v) is 4.73. The van der Waals surface area contributed by atoms with E-state index in [1.807, 2.05) is 13.0 Å². The molecule has 0 saturated carbocycles. The first kappa shape index (κ1) is 21.0. The molecule has 3 N–H and O–H groups in total. The summed E-state index contributed by atoms with van der Waals surface area (Å²) in [5, 5.41) is 10.6. The minimum Gasteiger partial charge on any atom is -0.507 e. The molecule has 0 aliphatic heterocycles. The van der Waals surface area contributed by atoms with Crippen molar-refractivity contribution in [3.63, 3.8) is 0 Å². The van der Waals surface area contributed by atoms with Crippen LogP contribution in [0, 0.1) is 5.82 Å². The highest BCUT2D eigenvalue weighted by Gasteiger charge is 2.09. The van der Waals surface area contributed by atoms with E-state index in [0.717, 1.165) is 23.1 Å². The van der Waals surface area contributed by atoms with Crippen LogP contribution in [0.1, 0.15) is 31.4 Å². The highest BCUT2D eigenvalue weighted by atomic mass is 19.1. The van der Waals surface area contributed by atoms with E-state index in [2.05, 4.69) is 16.9 Å². The van der Waals surface area contributed by atoms with Crippen molar-refractivity contribution in [1.29, 1.82) is 0 Å². The van der Waals surface area contributed by atoms with Gasteiger partial charge in [0.05, 0.1) is 5.56 Å². The second-order valence-corrected chi connectivity index (χ2v) is 6.86. The van der Waals surface area contributed by atoms with Crippen LogP contribution < -0.4 is 10.5 Å². The quantitative estimate of drug-likeness (QED) is 0.380. The molecule has 0 bridgehead atoms. The number of aliphatic hydroxyl groups is 1. The summed E-state index contributed by atoms with van der Waals surface area (Å²) in [4.78, 5) is 8.36. The van der Waals surface area contributed by atoms with E-state index < -0.39 is 0 Å². The fraction of sp³-hybridized carbons (Fsp3) is 0.167. The second-order valence-electron chi connectivity index (χ2n) is 6.86. The molecule has 0 radical (unpaired) electrons. The monoisotopic (exact) mass is 405 g/mol. The van der Waals surface area contributed by atoms with E-state index in [1.54, 1.807) is 48.8 Å². The molecule has 3 aromatic rings. The fourth-order valence-corrected chi connectivity index (χ4v) is 2.85. The summed E-state index contributed by atoms with van der Waals surface area (Å²) >= 11 is 0. The normalized spacial score (nSPS) is 12.4. The number of nitrogens with two attached hydrogens (primary N) is 1. The highest BCUT2D eigenvalue weighted by Crippen LogP contribution is 2.24. The number of rotatable bonds is 7. The minimum atomic E-state index is -0.319. The Morgan fingerprint density at radius 1 is 1.13 bits per heavy atom. The molecule has 0 saturated heterocycles. The summed E-state index contributed by atoms with van der Waals surface area (Å²) < 4.78 is 18.6. The van der Waals surface area contributed by atoms with Gasteiger partial charge in [0, 0.05) is 18.5 Å². The van der Waals surface area contributed by atoms with Crippen molar-refractivity contribution in [2.45, 2.75) is 26.7 Å². The van der Waals surface area contributed by atoms with E-state index in [0.29, 0.717) is 23.6 Å². The molecule has 0 unspecified atom stereocenters. The molecule has 2 aromatic heterocycles. The Kier molecular flexibility index (Phi) is 6.80. The van der Waals surface area contributed by atoms with Gasteiger partial charge in [-0.3, -0.25) is 0 Å². The van der Waals surface area contributed by atoms with Gasteiger partial charge in [0.1, 0.15) is 23.1 Å². The Morgan fingerprint density at radius 3 is 2.53 bits per heavy atom. The largest absolute Gasteiger partial charge is 0.507 e. The topological polar surface area (TPSA) is 81.3 Å². The standard InChI is InChI=1S/C24H24FN3O2/c1-3-16(2)18(14-22(29)21-5-4-12-27-24(21)26)13-17-6-11-23(28-15-17)30-20-9-7-19(25)8-10-20/h4-12,14-15,29H,3,13H2,1-2H3,(H2,26,27)/b18-16+,22-14-. The molecule has 2 heterocycles. The Labute approximate surface area is 175 Å². The summed E-state index contributed by atoms with van der Waals surface area (Å²) in [5.74, 6) is 0.975. The number of nitrogen functional groups attached to an aromatic ring is 1. The first-order valence-corrected chi connectivity index (χ1v) is 9.64. The van der Waals surface area contributed by atoms with Gasteiger partial charge in [-0.05, 0) is 73.4 Å². The van der Waals surface area contributed by atoms with Crippen molar-refractivity contribution in [3.8, 4) is 11.6 Å². The maximum atomic E-state index is 13.0. The van der Waals surface area contributed by atoms with Crippen LogP contribution in [0.4, 0.5) is 10.2 Å². The Hall–Kier alpha value is -3.67. The molecular formula is C24H24FN3O2. The number of aromatic nitrogens is 2. The maximum Gasteiger partial charge on any atom is 0.219 e. The average Bonchev–Trinajstić information content (AvgIpc) is 2.76. The van der Waals surface area contributed by atoms with Crippen LogP contribution in [0.5, 0.6) is 11.6 Å². The van der Waals surface area contributed by atoms with E-state index in [4.69, 9.17) is 10.5 Å². The predicted molar refractivity (Wildman–Crippen MR) is 117 cm³/mol. The van der Waals surface area contributed by atoms with Crippen LogP contribution >= 0.6 is 0 Å². The number of hydrogen-bond acceptors (Lipinski definition) is 5. The van der Waals surface area contributed by atoms with E-state index >= 15 is 0 Å². The molecule has 5 nitrogen and oxygen atoms in total. The number of halogens is 1. The lowest BCUT2D eigenvalue weighted by molar-refractivity contribution is 0.461. The fourth-order valence-electron chi connectivity index (χ4n) is 2.85. The molecule has 0 aliphatic carbocycles. The number of allylic oxidation sites excluding steroid dienone is 3. The summed E-state index contributed by atoms with van der Waals surface area (Å²) in [6.07, 6.45) is 6.48. The zero-order valence-corrected chi connectivity index (χ0v) is 17.0. The lowest BCUT2D eigenvalue weighted by Crippen LogP contribution is -1.99. The Balaban J connectivity index is 1.78. The number of pyridine rings is 2. The van der Waals surface area contributed by atoms with Gasteiger partial charge in [-0.1, -0.05) is 18.6 Å². The summed E-state index contributed by atoms with van der Waals surface area (Å²) in [5.41, 5.74) is 9.47. The molecule has 0 atom stereocenters. The number of nitrogens with zero attached hydrogens (tertiary/aromatic N) is 2. The molecule has 0 amide bonds. The second kappa shape index (κ2) is 9.69. The number of ether oxygens (including phenoxy) is 1. The number of aliphatic hydroxyl groups excluding tert-OH is 1. The maximum absolute atomic E-state index is 13.0. The molecule has 0 fully saturated rings. The number of hydrogen-bond donors (Lipinski definition) is 2. The van der Waals surface area contributed by atoms with Crippen molar-refractivity contribution in [2.24, 2.45) is 0 Å². The molecular weight excluding hydrogens is 381 g/mol. The van der Waals surface area contributed by atoms with Crippen LogP contribution in [0.2, 0.25) is 0 Å². The molecule has 0 aliphatic rings. The van der Waals surface area contributed by atoms with Crippen LogP contribution in [0.25, 0.3) is 5.76 Å². The first-order valence-electron chi connectivity index (χ1n) is 9.64. The molecule has 6 heteroatoms. The van der Waals surface area contributed by atoms with Gasteiger partial charge in [-0.2, -0.15) is 0 Å². The van der Waals surface area contributed by atoms with Crippen molar-refractivity contribution in [1.82, 2.24) is 9.97 Å². The third-order valence-electron chi connectivity index (χ3n) is 4.73. The summed E-state index contributed by atoms with van der Waals surface area (Å²) in [6.45, 7) is 4.10. The average molecular weight is 405 g/mol. The van der Waals surface area contributed by atoms with E-state index in [-0.39, 0.29) is 17.4 Å². The van der Waals surface area contributed by atoms with Gasteiger partial charge in [0.15, 0.2) is 0 Å². The predicted octanol–water partition coefficient (Wildman–Crippen LogP) is 5.86. The van der Waals surface area contributed by atoms with E-state index in [9.17, 15) is 9.50 Å². The smallest absolute Gasteiger partial charge is 0.219 e. The number of anilines is 1. The first-order chi connectivity index (χ1) is 14.5. The van der Waals surface area contributed by atoms with Crippen LogP contribution in [0.3, 0.4) is 0 Å². The van der Waals surface area contributed by atoms with Crippen molar-refractivity contribution in [2.75, 3.05) is 5.73 Å².